The number of nitrogens with two attached hydrogens (primary N) is 3. The maximum atomic E-state index is 5.85. The Labute approximate surface area is 288 Å². The van der Waals surface area contributed by atoms with Gasteiger partial charge in [-0.2, -0.15) is 0 Å². The first-order chi connectivity index (χ1) is 20.3. The predicted molar refractivity (Wildman–Crippen MR) is 189 cm³/mol. The van der Waals surface area contributed by atoms with Gasteiger partial charge in [-0.1, -0.05) is 0 Å². The third-order valence-electron chi connectivity index (χ3n) is 8.75. The van der Waals surface area contributed by atoms with Gasteiger partial charge in [-0.05, 0) is 38.5 Å². The van der Waals surface area contributed by atoms with E-state index in [0.717, 1.165) is 115 Å². The van der Waals surface area contributed by atoms with Crippen molar-refractivity contribution < 1.29 is 0 Å². The van der Waals surface area contributed by atoms with Crippen molar-refractivity contribution in [3.8, 4) is 0 Å². The summed E-state index contributed by atoms with van der Waals surface area (Å²) in [7, 11) is 6.12. The summed E-state index contributed by atoms with van der Waals surface area (Å²) in [6, 6.07) is 1.23. The van der Waals surface area contributed by atoms with Crippen LogP contribution in [0.2, 0.25) is 0 Å². The molecule has 3 aromatic rings. The molecular weight excluding hydrogens is 635 g/mol. The van der Waals surface area contributed by atoms with E-state index in [1.54, 1.807) is 0 Å². The van der Waals surface area contributed by atoms with E-state index in [1.807, 2.05) is 58.3 Å². The molecule has 0 radical (unpaired) electrons. The second-order valence-electron chi connectivity index (χ2n) is 12.2. The zero-order chi connectivity index (χ0) is 29.9. The van der Waals surface area contributed by atoms with Crippen LogP contribution in [0.1, 0.15) is 56.0 Å². The summed E-state index contributed by atoms with van der Waals surface area (Å²) in [6.07, 6.45) is 18.2. The molecule has 45 heavy (non-hydrogen) atoms. The lowest BCUT2D eigenvalue weighted by atomic mass is 10.1. The Morgan fingerprint density at radius 3 is 0.889 bits per heavy atom. The molecule has 3 fully saturated rings. The van der Waals surface area contributed by atoms with Crippen LogP contribution in [-0.4, -0.2) is 101 Å². The Morgan fingerprint density at radius 1 is 0.489 bits per heavy atom. The van der Waals surface area contributed by atoms with Crippen molar-refractivity contribution in [3.05, 3.63) is 54.7 Å². The smallest absolute Gasteiger partial charge is 0.122 e. The first-order valence-electron chi connectivity index (χ1n) is 15.6. The van der Waals surface area contributed by atoms with Crippen molar-refractivity contribution in [3.63, 3.8) is 0 Å². The highest BCUT2D eigenvalue weighted by Gasteiger charge is 2.19. The van der Waals surface area contributed by atoms with Crippen LogP contribution in [0.25, 0.3) is 0 Å². The number of halogens is 3. The number of rotatable bonds is 6. The van der Waals surface area contributed by atoms with Gasteiger partial charge in [0.2, 0.25) is 0 Å². The van der Waals surface area contributed by atoms with Gasteiger partial charge in [0.25, 0.3) is 0 Å². The van der Waals surface area contributed by atoms with Gasteiger partial charge in [-0.3, -0.25) is 14.7 Å². The lowest BCUT2D eigenvalue weighted by molar-refractivity contribution is 0.199. The van der Waals surface area contributed by atoms with Crippen molar-refractivity contribution in [2.24, 2.45) is 38.3 Å². The lowest BCUT2D eigenvalue weighted by Crippen LogP contribution is -2.39. The number of imidazole rings is 3. The van der Waals surface area contributed by atoms with Crippen LogP contribution < -0.4 is 17.2 Å². The van der Waals surface area contributed by atoms with Crippen LogP contribution in [0.4, 0.5) is 0 Å². The molecule has 6 rings (SSSR count). The normalized spacial score (nSPS) is 18.8. The number of nitrogens with zero attached hydrogens (tertiary/aromatic N) is 9. The minimum absolute atomic E-state index is 0. The summed E-state index contributed by atoms with van der Waals surface area (Å²) in [5, 5.41) is 0. The minimum atomic E-state index is 0. The van der Waals surface area contributed by atoms with E-state index in [0.29, 0.717) is 18.1 Å². The second kappa shape index (κ2) is 21.2. The van der Waals surface area contributed by atoms with Gasteiger partial charge in [0.05, 0.1) is 19.6 Å². The Bertz CT molecular complexity index is 1020. The molecule has 0 saturated carbocycles. The molecule has 0 bridgehead atoms. The number of aromatic nitrogens is 6. The molecule has 6 heterocycles. The third kappa shape index (κ3) is 13.9. The maximum Gasteiger partial charge on any atom is 0.122 e. The summed E-state index contributed by atoms with van der Waals surface area (Å²) in [6.45, 7) is 9.49. The van der Waals surface area contributed by atoms with Gasteiger partial charge < -0.3 is 30.9 Å². The molecular formula is C30H57Cl3N12. The van der Waals surface area contributed by atoms with Gasteiger partial charge >= 0.3 is 0 Å². The number of piperidine rings is 3. The van der Waals surface area contributed by atoms with Crippen molar-refractivity contribution in [2.75, 3.05) is 39.3 Å². The first-order valence-corrected chi connectivity index (χ1v) is 15.6. The molecule has 0 spiro atoms. The molecule has 15 heteroatoms. The Hall–Kier alpha value is -1.74. The molecule has 3 aliphatic heterocycles. The molecule has 0 aromatic carbocycles. The van der Waals surface area contributed by atoms with E-state index in [-0.39, 0.29) is 37.2 Å². The van der Waals surface area contributed by atoms with Crippen LogP contribution in [-0.2, 0) is 40.8 Å². The minimum Gasteiger partial charge on any atom is -0.337 e. The fourth-order valence-electron chi connectivity index (χ4n) is 5.58. The van der Waals surface area contributed by atoms with Crippen LogP contribution in [0.3, 0.4) is 0 Å². The van der Waals surface area contributed by atoms with E-state index in [1.165, 1.54) is 0 Å². The zero-order valence-electron chi connectivity index (χ0n) is 27.3. The van der Waals surface area contributed by atoms with Crippen molar-refractivity contribution in [2.45, 2.75) is 76.3 Å². The number of likely N-dealkylation sites (tertiary alicyclic amines) is 3. The van der Waals surface area contributed by atoms with Crippen LogP contribution in [0.5, 0.6) is 0 Å². The molecule has 12 nitrogen and oxygen atoms in total. The molecule has 0 amide bonds. The van der Waals surface area contributed by atoms with Gasteiger partial charge in [0.15, 0.2) is 0 Å². The van der Waals surface area contributed by atoms with E-state index >= 15 is 0 Å². The molecule has 3 aromatic heterocycles. The van der Waals surface area contributed by atoms with E-state index in [4.69, 9.17) is 17.2 Å². The number of hydrogen-bond donors (Lipinski definition) is 3. The van der Waals surface area contributed by atoms with Gasteiger partial charge in [0, 0.05) is 116 Å². The first kappa shape index (κ1) is 41.3. The van der Waals surface area contributed by atoms with Crippen molar-refractivity contribution in [1.29, 1.82) is 0 Å². The number of aryl methyl sites for hydroxylation is 3. The summed E-state index contributed by atoms with van der Waals surface area (Å²) in [5.74, 6) is 3.42. The van der Waals surface area contributed by atoms with Gasteiger partial charge in [-0.15, -0.1) is 37.2 Å². The molecule has 6 N–H and O–H groups in total. The number of hydrogen-bond acceptors (Lipinski definition) is 9. The summed E-state index contributed by atoms with van der Waals surface area (Å²) >= 11 is 0. The molecule has 0 atom stereocenters. The van der Waals surface area contributed by atoms with E-state index in [2.05, 4.69) is 43.4 Å². The van der Waals surface area contributed by atoms with Crippen LogP contribution in [0, 0.1) is 0 Å². The van der Waals surface area contributed by atoms with Crippen molar-refractivity contribution in [1.82, 2.24) is 43.4 Å². The highest BCUT2D eigenvalue weighted by atomic mass is 35.5. The summed E-state index contributed by atoms with van der Waals surface area (Å²) in [5.41, 5.74) is 17.6. The standard InChI is InChI=1S/3C10H18N4.3ClH/c3*1-13-7-4-12-10(13)8-14-5-2-9(11)3-6-14;;;/h3*4,7,9H,2-3,5-6,8,11H2,1H3;3*1H. The Balaban J connectivity index is 0.000000327. The highest BCUT2D eigenvalue weighted by Crippen LogP contribution is 2.13. The topological polar surface area (TPSA) is 141 Å². The molecule has 0 unspecified atom stereocenters. The van der Waals surface area contributed by atoms with Crippen molar-refractivity contribution >= 4 is 37.2 Å². The van der Waals surface area contributed by atoms with Crippen LogP contribution in [0.15, 0.2) is 37.2 Å². The zero-order valence-corrected chi connectivity index (χ0v) is 29.7. The average molecular weight is 692 g/mol. The molecule has 258 valence electrons. The summed E-state index contributed by atoms with van der Waals surface area (Å²) in [4.78, 5) is 20.2. The monoisotopic (exact) mass is 690 g/mol. The fraction of sp³-hybridized carbons (Fsp3) is 0.700. The predicted octanol–water partition coefficient (Wildman–Crippen LogP) is 2.30. The molecule has 0 aliphatic carbocycles. The fourth-order valence-corrected chi connectivity index (χ4v) is 5.58. The maximum absolute atomic E-state index is 5.85. The molecule has 3 saturated heterocycles. The highest BCUT2D eigenvalue weighted by molar-refractivity contribution is 5.86. The van der Waals surface area contributed by atoms with Gasteiger partial charge in [0.1, 0.15) is 17.5 Å². The second-order valence-corrected chi connectivity index (χ2v) is 12.2. The quantitative estimate of drug-likeness (QED) is 0.355. The third-order valence-corrected chi connectivity index (χ3v) is 8.75. The average Bonchev–Trinajstić information content (AvgIpc) is 3.71. The summed E-state index contributed by atoms with van der Waals surface area (Å²) < 4.78 is 6.23. The lowest BCUT2D eigenvalue weighted by Gasteiger charge is -2.29. The van der Waals surface area contributed by atoms with Crippen LogP contribution >= 0.6 is 37.2 Å². The molecule has 3 aliphatic rings. The van der Waals surface area contributed by atoms with Gasteiger partial charge in [-0.25, -0.2) is 15.0 Å². The Morgan fingerprint density at radius 2 is 0.711 bits per heavy atom. The SMILES string of the molecule is Cl.Cl.Cl.Cn1ccnc1CN1CCC(N)CC1.Cn1ccnc1CN1CCC(N)CC1.Cn1ccnc1CN1CCC(N)CC1. The van der Waals surface area contributed by atoms with E-state index < -0.39 is 0 Å². The Kier molecular flexibility index (Phi) is 19.4. The van der Waals surface area contributed by atoms with E-state index in [9.17, 15) is 0 Å². The largest absolute Gasteiger partial charge is 0.337 e.